The van der Waals surface area contributed by atoms with E-state index in [2.05, 4.69) is 25.6 Å². The highest BCUT2D eigenvalue weighted by atomic mass is 32.2. The van der Waals surface area contributed by atoms with Gasteiger partial charge in [0, 0.05) is 19.4 Å². The Kier molecular flexibility index (Phi) is 5.94. The molecule has 4 N–H and O–H groups in total. The van der Waals surface area contributed by atoms with Crippen LogP contribution in [0.4, 0.5) is 5.82 Å². The number of aromatic nitrogens is 4. The zero-order valence-electron chi connectivity index (χ0n) is 15.2. The van der Waals surface area contributed by atoms with Gasteiger partial charge in [0.1, 0.15) is 22.9 Å². The van der Waals surface area contributed by atoms with E-state index in [-0.39, 0.29) is 6.04 Å². The van der Waals surface area contributed by atoms with Gasteiger partial charge in [0.25, 0.3) is 0 Å². The summed E-state index contributed by atoms with van der Waals surface area (Å²) in [5.41, 5.74) is 1.10. The molecule has 0 aliphatic carbocycles. The molecule has 4 rings (SSSR count). The fourth-order valence-electron chi connectivity index (χ4n) is 3.31. The first kappa shape index (κ1) is 19.7. The van der Waals surface area contributed by atoms with E-state index in [1.165, 1.54) is 18.1 Å². The molecule has 0 spiro atoms. The first-order valence-electron chi connectivity index (χ1n) is 8.96. The molecular weight excluding hydrogens is 404 g/mol. The summed E-state index contributed by atoms with van der Waals surface area (Å²) in [6.07, 6.45) is 0.371. The summed E-state index contributed by atoms with van der Waals surface area (Å²) in [7, 11) is 1.74. The van der Waals surface area contributed by atoms with Crippen LogP contribution in [0.25, 0.3) is 11.2 Å². The van der Waals surface area contributed by atoms with E-state index in [1.54, 1.807) is 17.9 Å². The minimum Gasteiger partial charge on any atom is -0.387 e. The van der Waals surface area contributed by atoms with Gasteiger partial charge in [0.2, 0.25) is 0 Å². The summed E-state index contributed by atoms with van der Waals surface area (Å²) in [4.78, 5) is 13.0. The number of hydrogen-bond acceptors (Lipinski definition) is 10. The molecule has 12 heteroatoms. The van der Waals surface area contributed by atoms with E-state index >= 15 is 0 Å². The van der Waals surface area contributed by atoms with Gasteiger partial charge in [0.15, 0.2) is 23.2 Å². The van der Waals surface area contributed by atoms with Crippen molar-refractivity contribution in [1.82, 2.24) is 24.8 Å². The fraction of sp³-hybridized carbons (Fsp3) is 0.625. The first-order valence-corrected chi connectivity index (χ1v) is 10.4. The van der Waals surface area contributed by atoms with Crippen molar-refractivity contribution in [2.75, 3.05) is 31.3 Å². The van der Waals surface area contributed by atoms with Crippen LogP contribution in [0, 0.1) is 0 Å². The molecule has 2 saturated heterocycles. The molecule has 4 heterocycles. The Hall–Kier alpha value is -1.57. The van der Waals surface area contributed by atoms with Crippen LogP contribution in [0.15, 0.2) is 12.7 Å². The van der Waals surface area contributed by atoms with Crippen LogP contribution in [0.5, 0.6) is 0 Å². The minimum atomic E-state index is -1.11. The summed E-state index contributed by atoms with van der Waals surface area (Å²) in [5, 5.41) is 27.1. The summed E-state index contributed by atoms with van der Waals surface area (Å²) in [6.45, 7) is 1.34. The average molecular weight is 427 g/mol. The fourth-order valence-corrected chi connectivity index (χ4v) is 4.25. The molecule has 2 aliphatic heterocycles. The second-order valence-corrected chi connectivity index (χ2v) is 8.34. The van der Waals surface area contributed by atoms with Crippen molar-refractivity contribution in [2.24, 2.45) is 0 Å². The number of aliphatic hydroxyl groups is 2. The third-order valence-electron chi connectivity index (χ3n) is 4.82. The third kappa shape index (κ3) is 3.80. The molecule has 0 aromatic carbocycles. The van der Waals surface area contributed by atoms with Crippen LogP contribution in [-0.2, 0) is 9.47 Å². The number of hydrogen-bond donors (Lipinski definition) is 4. The molecule has 0 radical (unpaired) electrons. The number of nitrogens with zero attached hydrogens (tertiary/aromatic N) is 4. The molecule has 5 atom stereocenters. The van der Waals surface area contributed by atoms with Gasteiger partial charge < -0.3 is 30.3 Å². The predicted molar refractivity (Wildman–Crippen MR) is 108 cm³/mol. The van der Waals surface area contributed by atoms with E-state index < -0.39 is 24.5 Å². The lowest BCUT2D eigenvalue weighted by molar-refractivity contribution is -0.0288. The Labute approximate surface area is 171 Å². The summed E-state index contributed by atoms with van der Waals surface area (Å²) in [5.74, 6) is 1.03. The van der Waals surface area contributed by atoms with E-state index in [4.69, 9.17) is 21.7 Å². The number of thioether (sulfide) groups is 1. The molecule has 0 amide bonds. The molecule has 28 heavy (non-hydrogen) atoms. The number of fused-ring (bicyclic) bond motifs is 1. The van der Waals surface area contributed by atoms with Crippen LogP contribution in [0.2, 0.25) is 0 Å². The predicted octanol–water partition coefficient (Wildman–Crippen LogP) is -0.116. The number of thiocarbonyl (C=S) groups is 1. The van der Waals surface area contributed by atoms with Crippen LogP contribution in [-0.4, -0.2) is 84.4 Å². The molecule has 2 fully saturated rings. The highest BCUT2D eigenvalue weighted by molar-refractivity contribution is 8.23. The minimum absolute atomic E-state index is 0.177. The van der Waals surface area contributed by atoms with Gasteiger partial charge in [-0.25, -0.2) is 15.0 Å². The molecule has 152 valence electrons. The number of anilines is 1. The van der Waals surface area contributed by atoms with Crippen molar-refractivity contribution in [3.63, 3.8) is 0 Å². The Bertz CT molecular complexity index is 846. The number of nitrogens with one attached hydrogen (secondary N) is 2. The van der Waals surface area contributed by atoms with Crippen molar-refractivity contribution in [2.45, 2.75) is 37.0 Å². The van der Waals surface area contributed by atoms with Crippen LogP contribution in [0.1, 0.15) is 12.6 Å². The number of rotatable bonds is 5. The van der Waals surface area contributed by atoms with E-state index in [0.29, 0.717) is 33.7 Å². The first-order chi connectivity index (χ1) is 13.6. The maximum Gasteiger partial charge on any atom is 0.167 e. The largest absolute Gasteiger partial charge is 0.387 e. The maximum absolute atomic E-state index is 10.5. The lowest BCUT2D eigenvalue weighted by Gasteiger charge is -2.17. The molecule has 0 unspecified atom stereocenters. The second-order valence-electron chi connectivity index (χ2n) is 6.65. The average Bonchev–Trinajstić information content (AvgIpc) is 3.42. The maximum atomic E-state index is 10.5. The van der Waals surface area contributed by atoms with E-state index in [9.17, 15) is 10.2 Å². The van der Waals surface area contributed by atoms with Gasteiger partial charge in [-0.1, -0.05) is 24.0 Å². The molecular formula is C16H22N6O4S2. The lowest BCUT2D eigenvalue weighted by atomic mass is 10.1. The highest BCUT2D eigenvalue weighted by Gasteiger charge is 2.44. The van der Waals surface area contributed by atoms with Gasteiger partial charge in [-0.05, 0) is 6.42 Å². The second kappa shape index (κ2) is 8.43. The molecule has 2 aliphatic rings. The van der Waals surface area contributed by atoms with Gasteiger partial charge in [-0.2, -0.15) is 0 Å². The van der Waals surface area contributed by atoms with Crippen molar-refractivity contribution < 1.29 is 19.7 Å². The molecule has 0 bridgehead atoms. The Morgan fingerprint density at radius 1 is 1.36 bits per heavy atom. The van der Waals surface area contributed by atoms with Crippen LogP contribution < -0.4 is 10.6 Å². The van der Waals surface area contributed by atoms with Gasteiger partial charge in [0.05, 0.1) is 25.1 Å². The number of aliphatic hydroxyl groups excluding tert-OH is 2. The number of imidazole rings is 1. The topological polar surface area (TPSA) is 127 Å². The SMILES string of the molecule is CNC(=S)SC[C@H]1O[C@@H](n2cnc3c(N[C@@H]4CCOC4)ncnc32)[C@H](O)[C@@H]1O. The summed E-state index contributed by atoms with van der Waals surface area (Å²) >= 11 is 6.46. The molecule has 2 aromatic heterocycles. The number of ether oxygens (including phenoxy) is 2. The van der Waals surface area contributed by atoms with Crippen molar-refractivity contribution in [3.05, 3.63) is 12.7 Å². The summed E-state index contributed by atoms with van der Waals surface area (Å²) in [6, 6.07) is 0.177. The van der Waals surface area contributed by atoms with E-state index in [0.717, 1.165) is 13.0 Å². The third-order valence-corrected chi connectivity index (χ3v) is 6.34. The zero-order valence-corrected chi connectivity index (χ0v) is 16.8. The van der Waals surface area contributed by atoms with E-state index in [1.807, 2.05) is 0 Å². The smallest absolute Gasteiger partial charge is 0.167 e. The Morgan fingerprint density at radius 2 is 2.21 bits per heavy atom. The molecule has 0 saturated carbocycles. The van der Waals surface area contributed by atoms with Crippen molar-refractivity contribution in [1.29, 1.82) is 0 Å². The van der Waals surface area contributed by atoms with Crippen molar-refractivity contribution in [3.8, 4) is 0 Å². The quantitative estimate of drug-likeness (QED) is 0.478. The normalized spacial score (nSPS) is 30.0. The Morgan fingerprint density at radius 3 is 2.96 bits per heavy atom. The van der Waals surface area contributed by atoms with Crippen LogP contribution in [0.3, 0.4) is 0 Å². The standard InChI is InChI=1S/C16H22N6O4S2/c1-17-16(27)28-5-9-11(23)12(24)15(26-9)22-7-20-10-13(18-6-19-14(10)22)21-8-2-3-25-4-8/h6-9,11-12,15,23-24H,2-5H2,1H3,(H,17,27)(H,18,19,21)/t8-,9-,11-,12-,15-/m1/s1. The van der Waals surface area contributed by atoms with Crippen molar-refractivity contribution >= 4 is 45.3 Å². The Balaban J connectivity index is 1.54. The molecule has 10 nitrogen and oxygen atoms in total. The molecule has 2 aromatic rings. The lowest BCUT2D eigenvalue weighted by Crippen LogP contribution is -2.33. The zero-order chi connectivity index (χ0) is 19.7. The monoisotopic (exact) mass is 426 g/mol. The van der Waals surface area contributed by atoms with Gasteiger partial charge in [-0.3, -0.25) is 4.57 Å². The van der Waals surface area contributed by atoms with Gasteiger partial charge >= 0.3 is 0 Å². The van der Waals surface area contributed by atoms with Gasteiger partial charge in [-0.15, -0.1) is 0 Å². The highest BCUT2D eigenvalue weighted by Crippen LogP contribution is 2.33. The van der Waals surface area contributed by atoms with Crippen LogP contribution >= 0.6 is 24.0 Å². The summed E-state index contributed by atoms with van der Waals surface area (Å²) < 4.78 is 13.5.